The quantitative estimate of drug-likeness (QED) is 0.779. The van der Waals surface area contributed by atoms with Crippen LogP contribution in [0.25, 0.3) is 0 Å². The van der Waals surface area contributed by atoms with Gasteiger partial charge in [0.2, 0.25) is 0 Å². The number of unbranched alkanes of at least 4 members (excludes halogenated alkanes) is 1. The van der Waals surface area contributed by atoms with E-state index in [1.165, 1.54) is 24.8 Å². The second-order valence-corrected chi connectivity index (χ2v) is 4.84. The summed E-state index contributed by atoms with van der Waals surface area (Å²) in [5.41, 5.74) is 2.61. The van der Waals surface area contributed by atoms with Crippen LogP contribution in [0.2, 0.25) is 0 Å². The molecule has 0 radical (unpaired) electrons. The zero-order valence-corrected chi connectivity index (χ0v) is 10.1. The maximum atomic E-state index is 8.97. The molecular weight excluding hydrogens is 184 g/mol. The SMILES string of the molecule is CCCCC(C)(C)c1ccc(CO)cc1. The molecule has 0 aromatic heterocycles. The molecule has 0 atom stereocenters. The van der Waals surface area contributed by atoms with Crippen LogP contribution in [0.5, 0.6) is 0 Å². The standard InChI is InChI=1S/C14H22O/c1-4-5-10-14(2,3)13-8-6-12(11-15)7-9-13/h6-9,15H,4-5,10-11H2,1-3H3. The van der Waals surface area contributed by atoms with Crippen molar-refractivity contribution >= 4 is 0 Å². The lowest BCUT2D eigenvalue weighted by Gasteiger charge is -2.25. The van der Waals surface area contributed by atoms with Crippen LogP contribution in [0.15, 0.2) is 24.3 Å². The molecule has 0 bridgehead atoms. The molecule has 1 aromatic carbocycles. The van der Waals surface area contributed by atoms with E-state index in [0.29, 0.717) is 0 Å². The van der Waals surface area contributed by atoms with E-state index in [0.717, 1.165) is 5.56 Å². The Morgan fingerprint density at radius 2 is 1.73 bits per heavy atom. The van der Waals surface area contributed by atoms with Gasteiger partial charge in [-0.3, -0.25) is 0 Å². The third kappa shape index (κ3) is 3.35. The number of hydrogen-bond acceptors (Lipinski definition) is 1. The number of rotatable bonds is 5. The molecule has 0 aliphatic carbocycles. The van der Waals surface area contributed by atoms with E-state index in [2.05, 4.69) is 32.9 Å². The maximum absolute atomic E-state index is 8.97. The molecular formula is C14H22O. The molecule has 0 amide bonds. The normalized spacial score (nSPS) is 11.7. The number of aliphatic hydroxyl groups is 1. The first-order valence-electron chi connectivity index (χ1n) is 5.80. The van der Waals surface area contributed by atoms with Crippen molar-refractivity contribution < 1.29 is 5.11 Å². The number of benzene rings is 1. The van der Waals surface area contributed by atoms with Gasteiger partial charge in [0.15, 0.2) is 0 Å². The van der Waals surface area contributed by atoms with Crippen LogP contribution >= 0.6 is 0 Å². The molecule has 1 aromatic rings. The van der Waals surface area contributed by atoms with Crippen molar-refractivity contribution in [2.45, 2.75) is 52.1 Å². The summed E-state index contributed by atoms with van der Waals surface area (Å²) in [5.74, 6) is 0. The first-order valence-corrected chi connectivity index (χ1v) is 5.80. The summed E-state index contributed by atoms with van der Waals surface area (Å²) in [7, 11) is 0. The van der Waals surface area contributed by atoms with Crippen molar-refractivity contribution in [2.75, 3.05) is 0 Å². The summed E-state index contributed by atoms with van der Waals surface area (Å²) in [5, 5.41) is 8.97. The second-order valence-electron chi connectivity index (χ2n) is 4.84. The summed E-state index contributed by atoms with van der Waals surface area (Å²) in [6, 6.07) is 8.31. The molecule has 0 aliphatic heterocycles. The van der Waals surface area contributed by atoms with Gasteiger partial charge in [-0.05, 0) is 23.0 Å². The van der Waals surface area contributed by atoms with Crippen molar-refractivity contribution in [3.05, 3.63) is 35.4 Å². The highest BCUT2D eigenvalue weighted by Gasteiger charge is 2.19. The molecule has 1 heteroatoms. The van der Waals surface area contributed by atoms with Gasteiger partial charge in [-0.25, -0.2) is 0 Å². The molecule has 0 saturated carbocycles. The first kappa shape index (κ1) is 12.3. The summed E-state index contributed by atoms with van der Waals surface area (Å²) in [6.07, 6.45) is 3.74. The van der Waals surface area contributed by atoms with Gasteiger partial charge in [0.25, 0.3) is 0 Å². The van der Waals surface area contributed by atoms with E-state index in [1.807, 2.05) is 12.1 Å². The van der Waals surface area contributed by atoms with Gasteiger partial charge >= 0.3 is 0 Å². The van der Waals surface area contributed by atoms with E-state index in [-0.39, 0.29) is 12.0 Å². The Hall–Kier alpha value is -0.820. The van der Waals surface area contributed by atoms with Crippen LogP contribution in [-0.2, 0) is 12.0 Å². The van der Waals surface area contributed by atoms with Crippen molar-refractivity contribution in [2.24, 2.45) is 0 Å². The van der Waals surface area contributed by atoms with Crippen LogP contribution in [0.1, 0.15) is 51.2 Å². The van der Waals surface area contributed by atoms with E-state index >= 15 is 0 Å². The smallest absolute Gasteiger partial charge is 0.0681 e. The maximum Gasteiger partial charge on any atom is 0.0681 e. The molecule has 0 unspecified atom stereocenters. The molecule has 15 heavy (non-hydrogen) atoms. The third-order valence-electron chi connectivity index (χ3n) is 3.07. The highest BCUT2D eigenvalue weighted by atomic mass is 16.3. The molecule has 0 saturated heterocycles. The van der Waals surface area contributed by atoms with Gasteiger partial charge in [0.05, 0.1) is 6.61 Å². The van der Waals surface area contributed by atoms with E-state index in [9.17, 15) is 0 Å². The van der Waals surface area contributed by atoms with E-state index in [4.69, 9.17) is 5.11 Å². The fourth-order valence-corrected chi connectivity index (χ4v) is 1.82. The van der Waals surface area contributed by atoms with Crippen molar-refractivity contribution in [3.8, 4) is 0 Å². The zero-order valence-electron chi connectivity index (χ0n) is 10.1. The summed E-state index contributed by atoms with van der Waals surface area (Å²) >= 11 is 0. The second kappa shape index (κ2) is 5.32. The molecule has 1 rings (SSSR count). The van der Waals surface area contributed by atoms with Crippen LogP contribution < -0.4 is 0 Å². The predicted octanol–water partition coefficient (Wildman–Crippen LogP) is 3.65. The Labute approximate surface area is 93.1 Å². The fraction of sp³-hybridized carbons (Fsp3) is 0.571. The number of aliphatic hydroxyl groups excluding tert-OH is 1. The van der Waals surface area contributed by atoms with Crippen molar-refractivity contribution in [3.63, 3.8) is 0 Å². The summed E-state index contributed by atoms with van der Waals surface area (Å²) in [4.78, 5) is 0. The Morgan fingerprint density at radius 1 is 1.13 bits per heavy atom. The van der Waals surface area contributed by atoms with Gasteiger partial charge in [-0.2, -0.15) is 0 Å². The highest BCUT2D eigenvalue weighted by molar-refractivity contribution is 5.27. The highest BCUT2D eigenvalue weighted by Crippen LogP contribution is 2.29. The van der Waals surface area contributed by atoms with Crippen molar-refractivity contribution in [1.82, 2.24) is 0 Å². The topological polar surface area (TPSA) is 20.2 Å². The Kier molecular flexibility index (Phi) is 4.34. The molecule has 0 aliphatic rings. The summed E-state index contributed by atoms with van der Waals surface area (Å²) in [6.45, 7) is 6.94. The van der Waals surface area contributed by atoms with Crippen molar-refractivity contribution in [1.29, 1.82) is 0 Å². The molecule has 0 spiro atoms. The molecule has 1 nitrogen and oxygen atoms in total. The molecule has 0 fully saturated rings. The van der Waals surface area contributed by atoms with Crippen LogP contribution in [0, 0.1) is 0 Å². The van der Waals surface area contributed by atoms with E-state index < -0.39 is 0 Å². The van der Waals surface area contributed by atoms with Gasteiger partial charge in [-0.15, -0.1) is 0 Å². The Morgan fingerprint density at radius 3 is 2.20 bits per heavy atom. The Bertz CT molecular complexity index is 285. The van der Waals surface area contributed by atoms with Crippen LogP contribution in [0.4, 0.5) is 0 Å². The molecule has 1 N–H and O–H groups in total. The minimum absolute atomic E-state index is 0.135. The first-order chi connectivity index (χ1) is 7.10. The predicted molar refractivity (Wildman–Crippen MR) is 64.9 cm³/mol. The third-order valence-corrected chi connectivity index (χ3v) is 3.07. The zero-order chi connectivity index (χ0) is 11.3. The fourth-order valence-electron chi connectivity index (χ4n) is 1.82. The lowest BCUT2D eigenvalue weighted by atomic mass is 9.80. The lowest BCUT2D eigenvalue weighted by molar-refractivity contribution is 0.281. The minimum atomic E-state index is 0.135. The van der Waals surface area contributed by atoms with Gasteiger partial charge in [0.1, 0.15) is 0 Å². The Balaban J connectivity index is 2.75. The molecule has 84 valence electrons. The monoisotopic (exact) mass is 206 g/mol. The minimum Gasteiger partial charge on any atom is -0.392 e. The number of hydrogen-bond donors (Lipinski definition) is 1. The van der Waals surface area contributed by atoms with Crippen LogP contribution in [-0.4, -0.2) is 5.11 Å². The van der Waals surface area contributed by atoms with Gasteiger partial charge < -0.3 is 5.11 Å². The van der Waals surface area contributed by atoms with E-state index in [1.54, 1.807) is 0 Å². The largest absolute Gasteiger partial charge is 0.392 e. The average Bonchev–Trinajstić information content (AvgIpc) is 2.26. The van der Waals surface area contributed by atoms with Crippen LogP contribution in [0.3, 0.4) is 0 Å². The lowest BCUT2D eigenvalue weighted by Crippen LogP contribution is -2.16. The molecule has 0 heterocycles. The van der Waals surface area contributed by atoms with Gasteiger partial charge in [0, 0.05) is 0 Å². The average molecular weight is 206 g/mol. The summed E-state index contributed by atoms with van der Waals surface area (Å²) < 4.78 is 0. The van der Waals surface area contributed by atoms with Gasteiger partial charge in [-0.1, -0.05) is 57.9 Å².